The van der Waals surface area contributed by atoms with Gasteiger partial charge in [-0.25, -0.2) is 4.68 Å². The maximum Gasteiger partial charge on any atom is 0.211 e. The predicted octanol–water partition coefficient (Wildman–Crippen LogP) is 1.36. The van der Waals surface area contributed by atoms with Crippen LogP contribution >= 0.6 is 0 Å². The number of rotatable bonds is 0. The molecule has 3 heteroatoms. The van der Waals surface area contributed by atoms with Crippen molar-refractivity contribution in [2.24, 2.45) is 5.41 Å². The Balaban J connectivity index is 2.00. The largest absolute Gasteiger partial charge is 0.477 e. The molecule has 0 radical (unpaired) electrons. The van der Waals surface area contributed by atoms with Gasteiger partial charge in [-0.3, -0.25) is 0 Å². The van der Waals surface area contributed by atoms with E-state index < -0.39 is 0 Å². The van der Waals surface area contributed by atoms with E-state index in [0.717, 1.165) is 24.7 Å². The van der Waals surface area contributed by atoms with Crippen molar-refractivity contribution in [3.8, 4) is 5.88 Å². The van der Waals surface area contributed by atoms with E-state index in [9.17, 15) is 0 Å². The molecule has 0 unspecified atom stereocenters. The Morgan fingerprint density at radius 1 is 1.58 bits per heavy atom. The Bertz CT molecular complexity index is 325. The number of ether oxygens (including phenoxy) is 1. The molecule has 0 amide bonds. The first-order valence-corrected chi connectivity index (χ1v) is 4.45. The summed E-state index contributed by atoms with van der Waals surface area (Å²) in [6, 6.07) is 2.01. The van der Waals surface area contributed by atoms with E-state index in [1.165, 1.54) is 12.8 Å². The van der Waals surface area contributed by atoms with Crippen molar-refractivity contribution < 1.29 is 4.74 Å². The zero-order valence-corrected chi connectivity index (χ0v) is 7.21. The Morgan fingerprint density at radius 3 is 3.17 bits per heavy atom. The molecule has 12 heavy (non-hydrogen) atoms. The first kappa shape index (κ1) is 6.52. The molecule has 1 fully saturated rings. The van der Waals surface area contributed by atoms with E-state index in [2.05, 4.69) is 5.10 Å². The summed E-state index contributed by atoms with van der Waals surface area (Å²) in [5.74, 6) is 0.949. The third kappa shape index (κ3) is 0.792. The summed E-state index contributed by atoms with van der Waals surface area (Å²) in [6.07, 6.45) is 2.62. The van der Waals surface area contributed by atoms with Gasteiger partial charge in [0, 0.05) is 11.5 Å². The van der Waals surface area contributed by atoms with Crippen LogP contribution in [-0.2, 0) is 6.54 Å². The normalized spacial score (nSPS) is 23.4. The van der Waals surface area contributed by atoms with Gasteiger partial charge in [0.1, 0.15) is 0 Å². The maximum atomic E-state index is 5.62. The van der Waals surface area contributed by atoms with Gasteiger partial charge in [-0.1, -0.05) is 0 Å². The predicted molar refractivity (Wildman–Crippen MR) is 44.1 cm³/mol. The van der Waals surface area contributed by atoms with Crippen molar-refractivity contribution in [3.63, 3.8) is 0 Å². The number of hydrogen-bond donors (Lipinski definition) is 0. The zero-order chi connectivity index (χ0) is 8.18. The molecule has 1 aromatic rings. The zero-order valence-electron chi connectivity index (χ0n) is 7.21. The molecule has 2 heterocycles. The van der Waals surface area contributed by atoms with Crippen molar-refractivity contribution in [2.45, 2.75) is 26.3 Å². The summed E-state index contributed by atoms with van der Waals surface area (Å²) >= 11 is 0. The number of fused-ring (bicyclic) bond motifs is 1. The van der Waals surface area contributed by atoms with Crippen LogP contribution in [0.4, 0.5) is 0 Å². The molecule has 0 saturated heterocycles. The summed E-state index contributed by atoms with van der Waals surface area (Å²) in [4.78, 5) is 0. The molecule has 1 spiro atoms. The second-order valence-corrected chi connectivity index (χ2v) is 4.07. The molecule has 3 nitrogen and oxygen atoms in total. The average molecular weight is 164 g/mol. The molecule has 1 saturated carbocycles. The molecule has 0 aromatic carbocycles. The van der Waals surface area contributed by atoms with Crippen molar-refractivity contribution in [1.82, 2.24) is 9.78 Å². The fourth-order valence-corrected chi connectivity index (χ4v) is 1.82. The summed E-state index contributed by atoms with van der Waals surface area (Å²) in [6.45, 7) is 3.97. The minimum Gasteiger partial charge on any atom is -0.477 e. The van der Waals surface area contributed by atoms with Crippen LogP contribution in [0.2, 0.25) is 0 Å². The number of aromatic nitrogens is 2. The van der Waals surface area contributed by atoms with Gasteiger partial charge in [0.25, 0.3) is 0 Å². The van der Waals surface area contributed by atoms with E-state index in [0.29, 0.717) is 5.41 Å². The number of nitrogens with zero attached hydrogens (tertiary/aromatic N) is 2. The summed E-state index contributed by atoms with van der Waals surface area (Å²) < 4.78 is 7.63. The fourth-order valence-electron chi connectivity index (χ4n) is 1.82. The Morgan fingerprint density at radius 2 is 2.42 bits per heavy atom. The molecule has 1 aliphatic heterocycles. The van der Waals surface area contributed by atoms with Crippen LogP contribution in [0.3, 0.4) is 0 Å². The molecule has 2 aliphatic rings. The Labute approximate surface area is 71.3 Å². The Kier molecular flexibility index (Phi) is 1.000. The standard InChI is InChI=1S/C9H12N2O/c1-7-4-8-11(10-7)5-9(2-3-9)6-12-8/h4H,2-3,5-6H2,1H3. The lowest BCUT2D eigenvalue weighted by molar-refractivity contribution is 0.148. The number of hydrogen-bond acceptors (Lipinski definition) is 2. The molecule has 64 valence electrons. The van der Waals surface area contributed by atoms with Crippen LogP contribution in [0.1, 0.15) is 18.5 Å². The topological polar surface area (TPSA) is 27.1 Å². The third-order valence-electron chi connectivity index (χ3n) is 2.83. The first-order valence-electron chi connectivity index (χ1n) is 4.45. The molecular weight excluding hydrogens is 152 g/mol. The minimum absolute atomic E-state index is 0.464. The van der Waals surface area contributed by atoms with Crippen molar-refractivity contribution in [1.29, 1.82) is 0 Å². The highest BCUT2D eigenvalue weighted by Crippen LogP contribution is 2.49. The molecule has 3 rings (SSSR count). The minimum atomic E-state index is 0.464. The molecular formula is C9H12N2O. The smallest absolute Gasteiger partial charge is 0.211 e. The van der Waals surface area contributed by atoms with Crippen LogP contribution in [-0.4, -0.2) is 16.4 Å². The van der Waals surface area contributed by atoms with Gasteiger partial charge in [-0.2, -0.15) is 5.10 Å². The van der Waals surface area contributed by atoms with E-state index in [1.54, 1.807) is 0 Å². The van der Waals surface area contributed by atoms with Crippen LogP contribution in [0.25, 0.3) is 0 Å². The van der Waals surface area contributed by atoms with Gasteiger partial charge in [0.15, 0.2) is 0 Å². The summed E-state index contributed by atoms with van der Waals surface area (Å²) in [7, 11) is 0. The van der Waals surface area contributed by atoms with Crippen LogP contribution in [0.5, 0.6) is 5.88 Å². The van der Waals surface area contributed by atoms with E-state index in [-0.39, 0.29) is 0 Å². The van der Waals surface area contributed by atoms with Crippen molar-refractivity contribution in [2.75, 3.05) is 6.61 Å². The molecule has 1 aliphatic carbocycles. The van der Waals surface area contributed by atoms with Gasteiger partial charge in [0.05, 0.1) is 18.8 Å². The second-order valence-electron chi connectivity index (χ2n) is 4.07. The molecule has 0 bridgehead atoms. The average Bonchev–Trinajstić information content (AvgIpc) is 2.65. The fraction of sp³-hybridized carbons (Fsp3) is 0.667. The quantitative estimate of drug-likeness (QED) is 0.579. The maximum absolute atomic E-state index is 5.62. The van der Waals surface area contributed by atoms with Crippen molar-refractivity contribution in [3.05, 3.63) is 11.8 Å². The van der Waals surface area contributed by atoms with Gasteiger partial charge >= 0.3 is 0 Å². The van der Waals surface area contributed by atoms with Crippen LogP contribution in [0.15, 0.2) is 6.07 Å². The molecule has 0 N–H and O–H groups in total. The van der Waals surface area contributed by atoms with E-state index >= 15 is 0 Å². The molecule has 0 atom stereocenters. The highest BCUT2D eigenvalue weighted by Gasteiger charge is 2.46. The van der Waals surface area contributed by atoms with Gasteiger partial charge in [-0.05, 0) is 19.8 Å². The van der Waals surface area contributed by atoms with E-state index in [1.807, 2.05) is 17.7 Å². The van der Waals surface area contributed by atoms with E-state index in [4.69, 9.17) is 4.74 Å². The van der Waals surface area contributed by atoms with Gasteiger partial charge in [-0.15, -0.1) is 0 Å². The first-order chi connectivity index (χ1) is 5.77. The number of aryl methyl sites for hydroxylation is 1. The van der Waals surface area contributed by atoms with Crippen LogP contribution < -0.4 is 4.74 Å². The highest BCUT2D eigenvalue weighted by atomic mass is 16.5. The summed E-state index contributed by atoms with van der Waals surface area (Å²) in [5.41, 5.74) is 1.52. The lowest BCUT2D eigenvalue weighted by Gasteiger charge is -2.22. The van der Waals surface area contributed by atoms with Gasteiger partial charge < -0.3 is 4.74 Å². The van der Waals surface area contributed by atoms with Gasteiger partial charge in [0.2, 0.25) is 5.88 Å². The lowest BCUT2D eigenvalue weighted by Crippen LogP contribution is -2.26. The van der Waals surface area contributed by atoms with Crippen LogP contribution in [0, 0.1) is 12.3 Å². The van der Waals surface area contributed by atoms with Crippen molar-refractivity contribution >= 4 is 0 Å². The molecule has 1 aromatic heterocycles. The Hall–Kier alpha value is -0.990. The SMILES string of the molecule is Cc1cc2n(n1)CC1(CC1)CO2. The summed E-state index contributed by atoms with van der Waals surface area (Å²) in [5, 5.41) is 4.38. The lowest BCUT2D eigenvalue weighted by atomic mass is 10.1. The second kappa shape index (κ2) is 1.84. The highest BCUT2D eigenvalue weighted by molar-refractivity contribution is 5.18. The third-order valence-corrected chi connectivity index (χ3v) is 2.83. The monoisotopic (exact) mass is 164 g/mol.